The molecule has 0 amide bonds. The summed E-state index contributed by atoms with van der Waals surface area (Å²) < 4.78 is 0. The first-order chi connectivity index (χ1) is 14.3. The Morgan fingerprint density at radius 3 is 1.84 bits per heavy atom. The Labute approximate surface area is 192 Å². The van der Waals surface area contributed by atoms with Crippen molar-refractivity contribution in [2.45, 2.75) is 119 Å². The van der Waals surface area contributed by atoms with Gasteiger partial charge in [-0.15, -0.1) is 0 Å². The third-order valence-corrected chi connectivity index (χ3v) is 13.6. The predicted octanol–water partition coefficient (Wildman–Crippen LogP) is 8.02. The minimum atomic E-state index is -0.117. The largest absolute Gasteiger partial charge is 0.393 e. The molecule has 0 aromatic rings. The van der Waals surface area contributed by atoms with Crippen molar-refractivity contribution in [3.63, 3.8) is 0 Å². The molecule has 0 radical (unpaired) electrons. The lowest BCUT2D eigenvalue weighted by molar-refractivity contribution is -0.251. The van der Waals surface area contributed by atoms with Crippen molar-refractivity contribution in [1.29, 1.82) is 0 Å². The summed E-state index contributed by atoms with van der Waals surface area (Å²) in [5.41, 5.74) is 3.36. The maximum atomic E-state index is 10.9. The zero-order valence-electron chi connectivity index (χ0n) is 21.7. The molecule has 176 valence electrons. The molecular weight excluding hydrogens is 376 g/mol. The number of aliphatic hydroxyl groups is 1. The van der Waals surface area contributed by atoms with Gasteiger partial charge in [-0.2, -0.15) is 0 Å². The van der Waals surface area contributed by atoms with Gasteiger partial charge in [0.1, 0.15) is 0 Å². The molecule has 5 saturated carbocycles. The van der Waals surface area contributed by atoms with E-state index >= 15 is 0 Å². The van der Waals surface area contributed by atoms with Crippen LogP contribution in [0.3, 0.4) is 0 Å². The van der Waals surface area contributed by atoms with Gasteiger partial charge in [0.15, 0.2) is 0 Å². The lowest BCUT2D eigenvalue weighted by Crippen LogP contribution is -2.66. The highest BCUT2D eigenvalue weighted by atomic mass is 16.3. The highest BCUT2D eigenvalue weighted by Crippen LogP contribution is 2.77. The molecule has 0 aliphatic heterocycles. The van der Waals surface area contributed by atoms with E-state index in [9.17, 15) is 5.11 Å². The summed E-state index contributed by atoms with van der Waals surface area (Å²) in [5.74, 6) is 4.03. The van der Waals surface area contributed by atoms with Crippen molar-refractivity contribution in [3.05, 3.63) is 12.2 Å². The van der Waals surface area contributed by atoms with E-state index in [0.29, 0.717) is 27.6 Å². The van der Waals surface area contributed by atoms with E-state index in [1.54, 1.807) is 0 Å². The first-order valence-corrected chi connectivity index (χ1v) is 13.7. The quantitative estimate of drug-likeness (QED) is 0.421. The van der Waals surface area contributed by atoms with Crippen LogP contribution in [0.4, 0.5) is 0 Å². The Kier molecular flexibility index (Phi) is 4.82. The van der Waals surface area contributed by atoms with E-state index in [1.807, 2.05) is 0 Å². The Balaban J connectivity index is 1.52. The normalized spacial score (nSPS) is 57.9. The molecule has 5 rings (SSSR count). The number of hydrogen-bond donors (Lipinski definition) is 1. The maximum absolute atomic E-state index is 10.9. The van der Waals surface area contributed by atoms with Crippen molar-refractivity contribution in [2.75, 3.05) is 0 Å². The molecule has 1 heteroatoms. The first kappa shape index (κ1) is 22.5. The fourth-order valence-electron chi connectivity index (χ4n) is 11.8. The summed E-state index contributed by atoms with van der Waals surface area (Å²) in [5, 5.41) is 10.9. The highest BCUT2D eigenvalue weighted by molar-refractivity contribution is 5.21. The van der Waals surface area contributed by atoms with E-state index in [0.717, 1.165) is 30.1 Å². The molecule has 0 heterocycles. The smallest absolute Gasteiger partial charge is 0.0594 e. The van der Waals surface area contributed by atoms with Gasteiger partial charge in [-0.05, 0) is 128 Å². The van der Waals surface area contributed by atoms with Gasteiger partial charge < -0.3 is 5.11 Å². The standard InChI is InChI=1S/C30H50O/c1-19(2)20-11-15-27(5)21(20)12-17-29(7)23(27)9-10-24-28(6)16-14-25(31)26(3,4)22(28)13-18-30(24,29)8/h20-25,31H,1,9-18H2,2-8H3/t20-,21-,22-,23+,24+,25-,27-,28-,29+,30+/m0/s1. The van der Waals surface area contributed by atoms with Gasteiger partial charge in [-0.3, -0.25) is 0 Å². The molecule has 5 fully saturated rings. The summed E-state index contributed by atoms with van der Waals surface area (Å²) in [6, 6.07) is 0. The molecule has 0 aromatic carbocycles. The topological polar surface area (TPSA) is 20.2 Å². The van der Waals surface area contributed by atoms with Crippen LogP contribution in [0.2, 0.25) is 0 Å². The average Bonchev–Trinajstić information content (AvgIpc) is 3.03. The fraction of sp³-hybridized carbons (Fsp3) is 0.933. The van der Waals surface area contributed by atoms with Crippen LogP contribution in [0.15, 0.2) is 12.2 Å². The Morgan fingerprint density at radius 2 is 1.23 bits per heavy atom. The zero-order valence-corrected chi connectivity index (χ0v) is 21.7. The number of aliphatic hydroxyl groups excluding tert-OH is 1. The lowest BCUT2D eigenvalue weighted by atomic mass is 9.32. The first-order valence-electron chi connectivity index (χ1n) is 13.7. The Bertz CT molecular complexity index is 766. The van der Waals surface area contributed by atoms with Gasteiger partial charge in [-0.25, -0.2) is 0 Å². The molecule has 0 saturated heterocycles. The fourth-order valence-corrected chi connectivity index (χ4v) is 11.8. The molecule has 10 atom stereocenters. The molecule has 1 N–H and O–H groups in total. The number of rotatable bonds is 1. The van der Waals surface area contributed by atoms with E-state index in [-0.39, 0.29) is 11.5 Å². The van der Waals surface area contributed by atoms with Crippen molar-refractivity contribution in [3.8, 4) is 0 Å². The van der Waals surface area contributed by atoms with Crippen LogP contribution in [0.25, 0.3) is 0 Å². The SMILES string of the molecule is C=C(C)[C@@H]1CC[C@]2(C)[C@H]3CC[C@@H]4[C@@]5(C)CC[C@H](O)C(C)(C)[C@@H]5CC[C@@]4(C)[C@]3(C)CC[C@@H]12. The molecule has 5 aliphatic carbocycles. The van der Waals surface area contributed by atoms with Gasteiger partial charge in [0.25, 0.3) is 0 Å². The minimum Gasteiger partial charge on any atom is -0.393 e. The van der Waals surface area contributed by atoms with Crippen molar-refractivity contribution < 1.29 is 5.11 Å². The minimum absolute atomic E-state index is 0.0654. The van der Waals surface area contributed by atoms with E-state index in [4.69, 9.17) is 0 Å². The Hall–Kier alpha value is -0.300. The van der Waals surface area contributed by atoms with Gasteiger partial charge in [0.2, 0.25) is 0 Å². The summed E-state index contributed by atoms with van der Waals surface area (Å²) in [6.07, 6.45) is 13.4. The molecule has 5 aliphatic rings. The van der Waals surface area contributed by atoms with Crippen molar-refractivity contribution in [2.24, 2.45) is 56.7 Å². The second-order valence-electron chi connectivity index (χ2n) is 14.6. The molecular formula is C30H50O. The van der Waals surface area contributed by atoms with E-state index < -0.39 is 0 Å². The summed E-state index contributed by atoms with van der Waals surface area (Å²) in [6.45, 7) is 22.3. The number of allylic oxidation sites excluding steroid dienone is 1. The summed E-state index contributed by atoms with van der Waals surface area (Å²) in [4.78, 5) is 0. The zero-order chi connectivity index (χ0) is 22.6. The third-order valence-electron chi connectivity index (χ3n) is 13.6. The summed E-state index contributed by atoms with van der Waals surface area (Å²) >= 11 is 0. The van der Waals surface area contributed by atoms with Crippen LogP contribution in [0.5, 0.6) is 0 Å². The maximum Gasteiger partial charge on any atom is 0.0594 e. The summed E-state index contributed by atoms with van der Waals surface area (Å²) in [7, 11) is 0. The monoisotopic (exact) mass is 426 g/mol. The number of hydrogen-bond acceptors (Lipinski definition) is 1. The van der Waals surface area contributed by atoms with Crippen LogP contribution in [-0.2, 0) is 0 Å². The average molecular weight is 427 g/mol. The Morgan fingerprint density at radius 1 is 0.677 bits per heavy atom. The van der Waals surface area contributed by atoms with Crippen LogP contribution in [0, 0.1) is 56.7 Å². The van der Waals surface area contributed by atoms with Gasteiger partial charge in [-0.1, -0.05) is 53.7 Å². The van der Waals surface area contributed by atoms with E-state index in [2.05, 4.69) is 55.0 Å². The number of fused-ring (bicyclic) bond motifs is 7. The highest BCUT2D eigenvalue weighted by Gasteiger charge is 2.70. The molecule has 0 spiro atoms. The van der Waals surface area contributed by atoms with Gasteiger partial charge in [0.05, 0.1) is 6.10 Å². The van der Waals surface area contributed by atoms with Crippen LogP contribution < -0.4 is 0 Å². The third kappa shape index (κ3) is 2.60. The molecule has 0 unspecified atom stereocenters. The predicted molar refractivity (Wildman–Crippen MR) is 131 cm³/mol. The van der Waals surface area contributed by atoms with Gasteiger partial charge >= 0.3 is 0 Å². The van der Waals surface area contributed by atoms with E-state index in [1.165, 1.54) is 63.4 Å². The molecule has 1 nitrogen and oxygen atoms in total. The lowest BCUT2D eigenvalue weighted by Gasteiger charge is -2.73. The molecule has 0 bridgehead atoms. The van der Waals surface area contributed by atoms with Crippen LogP contribution in [0.1, 0.15) is 113 Å². The van der Waals surface area contributed by atoms with Crippen molar-refractivity contribution >= 4 is 0 Å². The molecule has 0 aromatic heterocycles. The van der Waals surface area contributed by atoms with Gasteiger partial charge in [0, 0.05) is 0 Å². The van der Waals surface area contributed by atoms with Crippen LogP contribution in [-0.4, -0.2) is 11.2 Å². The van der Waals surface area contributed by atoms with Crippen molar-refractivity contribution in [1.82, 2.24) is 0 Å². The second kappa shape index (κ2) is 6.64. The van der Waals surface area contributed by atoms with Crippen LogP contribution >= 0.6 is 0 Å². The molecule has 31 heavy (non-hydrogen) atoms. The second-order valence-corrected chi connectivity index (χ2v) is 14.6.